The van der Waals surface area contributed by atoms with Crippen molar-refractivity contribution in [3.8, 4) is 5.75 Å². The Morgan fingerprint density at radius 2 is 2.21 bits per heavy atom. The summed E-state index contributed by atoms with van der Waals surface area (Å²) >= 11 is 5.92. The third-order valence-electron chi connectivity index (χ3n) is 1.87. The molecule has 0 amide bonds. The molecule has 0 aliphatic heterocycles. The molecule has 0 atom stereocenters. The van der Waals surface area contributed by atoms with E-state index in [0.717, 1.165) is 16.7 Å². The number of hydrogen-bond donors (Lipinski definition) is 0. The highest BCUT2D eigenvalue weighted by molar-refractivity contribution is 6.34. The maximum absolute atomic E-state index is 5.92. The molecule has 0 spiro atoms. The monoisotopic (exact) mass is 208 g/mol. The van der Waals surface area contributed by atoms with Gasteiger partial charge in [-0.3, -0.25) is 0 Å². The summed E-state index contributed by atoms with van der Waals surface area (Å²) in [5.41, 5.74) is 0.827. The van der Waals surface area contributed by atoms with Crippen molar-refractivity contribution in [3.63, 3.8) is 0 Å². The Bertz CT molecular complexity index is 459. The molecule has 2 aromatic rings. The maximum Gasteiger partial charge on any atom is 0.140 e. The minimum absolute atomic E-state index is 0.455. The van der Waals surface area contributed by atoms with Crippen LogP contribution in [0.25, 0.3) is 10.9 Å². The lowest BCUT2D eigenvalue weighted by Crippen LogP contribution is -1.91. The summed E-state index contributed by atoms with van der Waals surface area (Å²) in [4.78, 5) is 8.00. The Balaban J connectivity index is 2.58. The first kappa shape index (κ1) is 9.21. The predicted molar refractivity (Wildman–Crippen MR) is 55.7 cm³/mol. The number of aromatic nitrogens is 2. The number of fused-ring (bicyclic) bond motifs is 1. The van der Waals surface area contributed by atoms with Gasteiger partial charge in [0.15, 0.2) is 0 Å². The quantitative estimate of drug-likeness (QED) is 0.712. The van der Waals surface area contributed by atoms with Crippen LogP contribution < -0.4 is 4.74 Å². The summed E-state index contributed by atoms with van der Waals surface area (Å²) in [5, 5.41) is 1.27. The van der Waals surface area contributed by atoms with Gasteiger partial charge in [0.05, 0.1) is 12.1 Å². The molecule has 0 aliphatic carbocycles. The van der Waals surface area contributed by atoms with Gasteiger partial charge in [-0.25, -0.2) is 9.97 Å². The Kier molecular flexibility index (Phi) is 2.50. The van der Waals surface area contributed by atoms with E-state index >= 15 is 0 Å². The van der Waals surface area contributed by atoms with Gasteiger partial charge in [-0.1, -0.05) is 11.6 Å². The van der Waals surface area contributed by atoms with Gasteiger partial charge in [0.25, 0.3) is 0 Å². The summed E-state index contributed by atoms with van der Waals surface area (Å²) in [6, 6.07) is 5.59. The molecule has 0 radical (unpaired) electrons. The summed E-state index contributed by atoms with van der Waals surface area (Å²) in [5.74, 6) is 0.789. The largest absolute Gasteiger partial charge is 0.494 e. The van der Waals surface area contributed by atoms with Crippen molar-refractivity contribution < 1.29 is 4.74 Å². The molecule has 4 heteroatoms. The first-order valence-corrected chi connectivity index (χ1v) is 4.72. The zero-order valence-corrected chi connectivity index (χ0v) is 8.45. The molecule has 0 aliphatic rings. The van der Waals surface area contributed by atoms with E-state index in [2.05, 4.69) is 9.97 Å². The lowest BCUT2D eigenvalue weighted by atomic mass is 10.2. The van der Waals surface area contributed by atoms with Crippen LogP contribution in [0.15, 0.2) is 24.5 Å². The fraction of sp³-hybridized carbons (Fsp3) is 0.200. The van der Waals surface area contributed by atoms with Gasteiger partial charge >= 0.3 is 0 Å². The van der Waals surface area contributed by atoms with E-state index in [0.29, 0.717) is 11.8 Å². The van der Waals surface area contributed by atoms with E-state index in [1.165, 1.54) is 6.33 Å². The highest BCUT2D eigenvalue weighted by Gasteiger charge is 2.02. The van der Waals surface area contributed by atoms with Crippen molar-refractivity contribution in [1.82, 2.24) is 9.97 Å². The van der Waals surface area contributed by atoms with Crippen LogP contribution in [0.3, 0.4) is 0 Å². The molecule has 1 aromatic carbocycles. The van der Waals surface area contributed by atoms with Gasteiger partial charge in [0.1, 0.15) is 17.2 Å². The van der Waals surface area contributed by atoms with Gasteiger partial charge < -0.3 is 4.74 Å². The van der Waals surface area contributed by atoms with E-state index in [4.69, 9.17) is 16.3 Å². The highest BCUT2D eigenvalue weighted by Crippen LogP contribution is 2.23. The number of halogens is 1. The van der Waals surface area contributed by atoms with Gasteiger partial charge in [0, 0.05) is 5.39 Å². The number of nitrogens with zero attached hydrogens (tertiary/aromatic N) is 2. The van der Waals surface area contributed by atoms with Crippen LogP contribution in [0.4, 0.5) is 0 Å². The van der Waals surface area contributed by atoms with Gasteiger partial charge in [-0.2, -0.15) is 0 Å². The van der Waals surface area contributed by atoms with Crippen molar-refractivity contribution in [2.75, 3.05) is 6.61 Å². The molecule has 0 saturated heterocycles. The lowest BCUT2D eigenvalue weighted by molar-refractivity contribution is 0.340. The number of rotatable bonds is 2. The van der Waals surface area contributed by atoms with E-state index in [1.807, 2.05) is 25.1 Å². The molecular weight excluding hydrogens is 200 g/mol. The molecule has 1 heterocycles. The predicted octanol–water partition coefficient (Wildman–Crippen LogP) is 2.68. The van der Waals surface area contributed by atoms with Crippen LogP contribution in [0.5, 0.6) is 5.75 Å². The highest BCUT2D eigenvalue weighted by atomic mass is 35.5. The first-order chi connectivity index (χ1) is 6.81. The van der Waals surface area contributed by atoms with E-state index in [-0.39, 0.29) is 0 Å². The van der Waals surface area contributed by atoms with Crippen LogP contribution in [0.2, 0.25) is 5.15 Å². The van der Waals surface area contributed by atoms with Gasteiger partial charge in [-0.15, -0.1) is 0 Å². The summed E-state index contributed by atoms with van der Waals surface area (Å²) < 4.78 is 5.35. The van der Waals surface area contributed by atoms with Crippen molar-refractivity contribution >= 4 is 22.5 Å². The minimum Gasteiger partial charge on any atom is -0.494 e. The van der Waals surface area contributed by atoms with Crippen molar-refractivity contribution in [3.05, 3.63) is 29.7 Å². The molecular formula is C10H9ClN2O. The molecule has 0 saturated carbocycles. The average Bonchev–Trinajstić information content (AvgIpc) is 2.20. The summed E-state index contributed by atoms with van der Waals surface area (Å²) in [6.45, 7) is 2.57. The third-order valence-corrected chi connectivity index (χ3v) is 2.17. The molecule has 0 unspecified atom stereocenters. The van der Waals surface area contributed by atoms with Crippen molar-refractivity contribution in [2.24, 2.45) is 0 Å². The van der Waals surface area contributed by atoms with Crippen LogP contribution >= 0.6 is 11.6 Å². The van der Waals surface area contributed by atoms with Crippen LogP contribution in [-0.4, -0.2) is 16.6 Å². The fourth-order valence-electron chi connectivity index (χ4n) is 1.26. The van der Waals surface area contributed by atoms with Crippen LogP contribution in [-0.2, 0) is 0 Å². The average molecular weight is 209 g/mol. The fourth-order valence-corrected chi connectivity index (χ4v) is 1.46. The topological polar surface area (TPSA) is 35.0 Å². The van der Waals surface area contributed by atoms with Crippen LogP contribution in [0.1, 0.15) is 6.92 Å². The third kappa shape index (κ3) is 1.63. The molecule has 2 rings (SSSR count). The van der Waals surface area contributed by atoms with Crippen molar-refractivity contribution in [1.29, 1.82) is 0 Å². The van der Waals surface area contributed by atoms with E-state index in [9.17, 15) is 0 Å². The summed E-state index contributed by atoms with van der Waals surface area (Å²) in [7, 11) is 0. The Morgan fingerprint density at radius 3 is 3.00 bits per heavy atom. The second-order valence-corrected chi connectivity index (χ2v) is 3.13. The number of ether oxygens (including phenoxy) is 1. The summed E-state index contributed by atoms with van der Waals surface area (Å²) in [6.07, 6.45) is 1.45. The Morgan fingerprint density at radius 1 is 1.36 bits per heavy atom. The molecule has 0 fully saturated rings. The van der Waals surface area contributed by atoms with Gasteiger partial charge in [0.2, 0.25) is 0 Å². The number of benzene rings is 1. The number of hydrogen-bond acceptors (Lipinski definition) is 3. The molecule has 1 aromatic heterocycles. The van der Waals surface area contributed by atoms with Gasteiger partial charge in [-0.05, 0) is 25.1 Å². The second kappa shape index (κ2) is 3.80. The zero-order valence-electron chi connectivity index (χ0n) is 7.70. The Labute approximate surface area is 86.7 Å². The maximum atomic E-state index is 5.92. The molecule has 14 heavy (non-hydrogen) atoms. The minimum atomic E-state index is 0.455. The standard InChI is InChI=1S/C10H9ClN2O/c1-2-14-7-3-4-9-8(5-7)10(11)13-6-12-9/h3-6H,2H2,1H3. The first-order valence-electron chi connectivity index (χ1n) is 4.34. The van der Waals surface area contributed by atoms with E-state index in [1.54, 1.807) is 0 Å². The molecule has 0 N–H and O–H groups in total. The normalized spacial score (nSPS) is 10.4. The zero-order chi connectivity index (χ0) is 9.97. The molecule has 0 bridgehead atoms. The van der Waals surface area contributed by atoms with Crippen molar-refractivity contribution in [2.45, 2.75) is 6.92 Å². The molecule has 3 nitrogen and oxygen atoms in total. The van der Waals surface area contributed by atoms with E-state index < -0.39 is 0 Å². The lowest BCUT2D eigenvalue weighted by Gasteiger charge is -2.04. The second-order valence-electron chi connectivity index (χ2n) is 2.78. The Hall–Kier alpha value is -1.35. The molecule has 72 valence electrons. The SMILES string of the molecule is CCOc1ccc2ncnc(Cl)c2c1. The smallest absolute Gasteiger partial charge is 0.140 e. The van der Waals surface area contributed by atoms with Crippen LogP contribution in [0, 0.1) is 0 Å².